The SMILES string of the molecule is CCCCCCCCCCCCCCC(=O)OC[C@@]1(O[C@H]2O[C@H](CO)[C@@H](O)[C@H](O)[C@H]2O)O[C@H](CO)[C@@H](O)[C@@H]1O. The molecule has 0 amide bonds. The average molecular weight is 567 g/mol. The van der Waals surface area contributed by atoms with Crippen LogP contribution in [-0.4, -0.2) is 116 Å². The maximum absolute atomic E-state index is 12.4. The van der Waals surface area contributed by atoms with Gasteiger partial charge < -0.3 is 54.7 Å². The van der Waals surface area contributed by atoms with E-state index in [1.165, 1.54) is 51.4 Å². The van der Waals surface area contributed by atoms with Crippen molar-refractivity contribution in [2.75, 3.05) is 19.8 Å². The molecule has 0 aromatic carbocycles. The van der Waals surface area contributed by atoms with Crippen molar-refractivity contribution in [2.45, 2.75) is 145 Å². The molecule has 0 bridgehead atoms. The van der Waals surface area contributed by atoms with Gasteiger partial charge in [-0.3, -0.25) is 4.79 Å². The molecule has 0 aliphatic carbocycles. The lowest BCUT2D eigenvalue weighted by atomic mass is 9.99. The zero-order valence-electron chi connectivity index (χ0n) is 23.1. The monoisotopic (exact) mass is 566 g/mol. The predicted octanol–water partition coefficient (Wildman–Crippen LogP) is 0.247. The first kappa shape index (κ1) is 34.3. The third kappa shape index (κ3) is 10.1. The van der Waals surface area contributed by atoms with Gasteiger partial charge in [-0.2, -0.15) is 0 Å². The topological polar surface area (TPSA) is 196 Å². The molecule has 0 radical (unpaired) electrons. The lowest BCUT2D eigenvalue weighted by molar-refractivity contribution is -0.383. The van der Waals surface area contributed by atoms with E-state index in [4.69, 9.17) is 18.9 Å². The lowest BCUT2D eigenvalue weighted by Gasteiger charge is -2.43. The maximum atomic E-state index is 12.4. The van der Waals surface area contributed by atoms with E-state index in [1.807, 2.05) is 0 Å². The molecule has 2 heterocycles. The Bertz CT molecular complexity index is 679. The predicted molar refractivity (Wildman–Crippen MR) is 138 cm³/mol. The van der Waals surface area contributed by atoms with Crippen LogP contribution in [0.2, 0.25) is 0 Å². The van der Waals surface area contributed by atoms with Gasteiger partial charge in [-0.1, -0.05) is 77.6 Å². The number of aliphatic hydroxyl groups is 7. The van der Waals surface area contributed by atoms with Gasteiger partial charge in [-0.05, 0) is 6.42 Å². The summed E-state index contributed by atoms with van der Waals surface area (Å²) >= 11 is 0. The molecule has 2 aliphatic rings. The van der Waals surface area contributed by atoms with Gasteiger partial charge in [-0.15, -0.1) is 0 Å². The Morgan fingerprint density at radius 3 is 1.77 bits per heavy atom. The second-order valence-corrected chi connectivity index (χ2v) is 10.7. The Hall–Kier alpha value is -0.930. The lowest BCUT2D eigenvalue weighted by Crippen LogP contribution is -2.62. The van der Waals surface area contributed by atoms with Crippen molar-refractivity contribution in [2.24, 2.45) is 0 Å². The van der Waals surface area contributed by atoms with Gasteiger partial charge in [0.15, 0.2) is 6.29 Å². The number of carbonyl (C=O) groups excluding carboxylic acids is 1. The highest BCUT2D eigenvalue weighted by Crippen LogP contribution is 2.36. The number of carbonyl (C=O) groups is 1. The van der Waals surface area contributed by atoms with Crippen molar-refractivity contribution < 1.29 is 59.5 Å². The number of hydrogen-bond donors (Lipinski definition) is 7. The van der Waals surface area contributed by atoms with E-state index < -0.39 is 80.6 Å². The minimum Gasteiger partial charge on any atom is -0.460 e. The van der Waals surface area contributed by atoms with E-state index in [9.17, 15) is 40.5 Å². The molecule has 2 aliphatic heterocycles. The number of unbranched alkanes of at least 4 members (excludes halogenated alkanes) is 11. The Morgan fingerprint density at radius 2 is 1.26 bits per heavy atom. The van der Waals surface area contributed by atoms with Crippen molar-refractivity contribution in [1.82, 2.24) is 0 Å². The Balaban J connectivity index is 1.79. The van der Waals surface area contributed by atoms with Crippen LogP contribution >= 0.6 is 0 Å². The van der Waals surface area contributed by atoms with Gasteiger partial charge in [-0.25, -0.2) is 0 Å². The van der Waals surface area contributed by atoms with E-state index in [0.29, 0.717) is 6.42 Å². The summed E-state index contributed by atoms with van der Waals surface area (Å²) in [7, 11) is 0. The average Bonchev–Trinajstić information content (AvgIpc) is 3.17. The van der Waals surface area contributed by atoms with Crippen LogP contribution in [0.1, 0.15) is 90.4 Å². The molecule has 0 saturated carbocycles. The van der Waals surface area contributed by atoms with Crippen molar-refractivity contribution in [3.05, 3.63) is 0 Å². The smallest absolute Gasteiger partial charge is 0.305 e. The number of rotatable bonds is 19. The first-order valence-corrected chi connectivity index (χ1v) is 14.5. The summed E-state index contributed by atoms with van der Waals surface area (Å²) in [6.45, 7) is 0.112. The molecule has 9 atom stereocenters. The van der Waals surface area contributed by atoms with Crippen molar-refractivity contribution in [3.63, 3.8) is 0 Å². The second-order valence-electron chi connectivity index (χ2n) is 10.7. The van der Waals surface area contributed by atoms with Crippen LogP contribution in [0.25, 0.3) is 0 Å². The number of hydrogen-bond acceptors (Lipinski definition) is 12. The first-order chi connectivity index (χ1) is 18.7. The molecule has 7 N–H and O–H groups in total. The van der Waals surface area contributed by atoms with E-state index in [2.05, 4.69) is 6.92 Å². The van der Waals surface area contributed by atoms with Crippen LogP contribution in [0.5, 0.6) is 0 Å². The number of aliphatic hydroxyl groups excluding tert-OH is 7. The third-order valence-electron chi connectivity index (χ3n) is 7.52. The molecule has 39 heavy (non-hydrogen) atoms. The molecule has 0 unspecified atom stereocenters. The quantitative estimate of drug-likeness (QED) is 0.0833. The summed E-state index contributed by atoms with van der Waals surface area (Å²) in [6.07, 6.45) is 0.925. The fourth-order valence-electron chi connectivity index (χ4n) is 4.98. The zero-order chi connectivity index (χ0) is 28.8. The molecule has 12 heteroatoms. The van der Waals surface area contributed by atoms with Crippen molar-refractivity contribution in [3.8, 4) is 0 Å². The van der Waals surface area contributed by atoms with Gasteiger partial charge in [0.2, 0.25) is 5.79 Å². The fourth-order valence-corrected chi connectivity index (χ4v) is 4.98. The molecule has 230 valence electrons. The molecule has 0 aromatic rings. The molecular weight excluding hydrogens is 516 g/mol. The Kier molecular flexibility index (Phi) is 15.6. The van der Waals surface area contributed by atoms with Gasteiger partial charge in [0.05, 0.1) is 13.2 Å². The molecule has 12 nitrogen and oxygen atoms in total. The highest BCUT2D eigenvalue weighted by Gasteiger charge is 2.59. The summed E-state index contributed by atoms with van der Waals surface area (Å²) in [4.78, 5) is 12.4. The van der Waals surface area contributed by atoms with E-state index >= 15 is 0 Å². The van der Waals surface area contributed by atoms with Crippen LogP contribution in [0, 0.1) is 0 Å². The third-order valence-corrected chi connectivity index (χ3v) is 7.52. The highest BCUT2D eigenvalue weighted by atomic mass is 16.8. The van der Waals surface area contributed by atoms with Crippen LogP contribution in [0.4, 0.5) is 0 Å². The minimum absolute atomic E-state index is 0.121. The Labute approximate surface area is 230 Å². The van der Waals surface area contributed by atoms with Gasteiger partial charge >= 0.3 is 5.97 Å². The van der Waals surface area contributed by atoms with Crippen LogP contribution < -0.4 is 0 Å². The maximum Gasteiger partial charge on any atom is 0.305 e. The van der Waals surface area contributed by atoms with Crippen LogP contribution in [0.3, 0.4) is 0 Å². The van der Waals surface area contributed by atoms with E-state index in [1.54, 1.807) is 0 Å². The molecule has 2 fully saturated rings. The summed E-state index contributed by atoms with van der Waals surface area (Å²) < 4.78 is 21.7. The first-order valence-electron chi connectivity index (χ1n) is 14.5. The van der Waals surface area contributed by atoms with Gasteiger partial charge in [0.1, 0.15) is 49.3 Å². The highest BCUT2D eigenvalue weighted by molar-refractivity contribution is 5.69. The van der Waals surface area contributed by atoms with Crippen LogP contribution in [0.15, 0.2) is 0 Å². The molecule has 2 rings (SSSR count). The number of esters is 1. The summed E-state index contributed by atoms with van der Waals surface area (Å²) in [5.74, 6) is -2.83. The molecule has 0 spiro atoms. The normalized spacial score (nSPS) is 34.9. The van der Waals surface area contributed by atoms with Crippen molar-refractivity contribution in [1.29, 1.82) is 0 Å². The summed E-state index contributed by atoms with van der Waals surface area (Å²) in [5, 5.41) is 70.2. The molecular formula is C27H50O12. The molecule has 2 saturated heterocycles. The van der Waals surface area contributed by atoms with E-state index in [-0.39, 0.29) is 6.42 Å². The van der Waals surface area contributed by atoms with Gasteiger partial charge in [0.25, 0.3) is 0 Å². The van der Waals surface area contributed by atoms with Gasteiger partial charge in [0, 0.05) is 6.42 Å². The largest absolute Gasteiger partial charge is 0.460 e. The Morgan fingerprint density at radius 1 is 0.718 bits per heavy atom. The van der Waals surface area contributed by atoms with Crippen molar-refractivity contribution >= 4 is 5.97 Å². The second kappa shape index (κ2) is 17.8. The van der Waals surface area contributed by atoms with Crippen LogP contribution in [-0.2, 0) is 23.7 Å². The minimum atomic E-state index is -2.24. The zero-order valence-corrected chi connectivity index (χ0v) is 23.1. The van der Waals surface area contributed by atoms with E-state index in [0.717, 1.165) is 19.3 Å². The number of ether oxygens (including phenoxy) is 4. The standard InChI is InChI=1S/C27H50O12/c1-2-3-4-5-6-7-8-9-10-11-12-13-14-20(30)36-17-27(25(35)22(32)19(16-29)38-27)39-26-24(34)23(33)21(31)18(15-28)37-26/h18-19,21-26,28-29,31-35H,2-17H2,1H3/t18-,19-,21-,22-,23+,24-,25+,26-,27+/m1/s1. The molecule has 0 aromatic heterocycles. The fraction of sp³-hybridized carbons (Fsp3) is 0.963. The summed E-state index contributed by atoms with van der Waals surface area (Å²) in [6, 6.07) is 0. The summed E-state index contributed by atoms with van der Waals surface area (Å²) in [5.41, 5.74) is 0.